The van der Waals surface area contributed by atoms with Crippen LogP contribution in [0.25, 0.3) is 0 Å². The van der Waals surface area contributed by atoms with Crippen molar-refractivity contribution in [1.82, 2.24) is 20.0 Å². The molecule has 0 saturated carbocycles. The summed E-state index contributed by atoms with van der Waals surface area (Å²) in [5, 5.41) is 8.53. The van der Waals surface area contributed by atoms with Crippen LogP contribution in [0.1, 0.15) is 32.0 Å². The number of hydrogen-bond donors (Lipinski definition) is 1. The molecule has 1 aromatic rings. The summed E-state index contributed by atoms with van der Waals surface area (Å²) in [6.45, 7) is 7.12. The summed E-state index contributed by atoms with van der Waals surface area (Å²) in [6.07, 6.45) is 2.85. The van der Waals surface area contributed by atoms with Crippen molar-refractivity contribution in [2.24, 2.45) is 0 Å². The number of rotatable bonds is 7. The Labute approximate surface area is 109 Å². The quantitative estimate of drug-likeness (QED) is 0.814. The minimum atomic E-state index is 0.243. The first kappa shape index (κ1) is 14.5. The molecule has 1 heterocycles. The van der Waals surface area contributed by atoms with Gasteiger partial charge in [0.05, 0.1) is 23.5 Å². The summed E-state index contributed by atoms with van der Waals surface area (Å²) in [6, 6.07) is 0.243. The molecular weight excluding hydrogens is 236 g/mol. The molecule has 0 aliphatic heterocycles. The molecule has 0 radical (unpaired) electrons. The highest BCUT2D eigenvalue weighted by Crippen LogP contribution is 2.22. The molecule has 0 aliphatic rings. The van der Waals surface area contributed by atoms with Crippen molar-refractivity contribution in [3.05, 3.63) is 16.9 Å². The van der Waals surface area contributed by atoms with Gasteiger partial charge < -0.3 is 10.2 Å². The van der Waals surface area contributed by atoms with Crippen molar-refractivity contribution in [2.45, 2.75) is 32.9 Å². The Balaban J connectivity index is 2.71. The molecule has 5 heteroatoms. The second-order valence-electron chi connectivity index (χ2n) is 4.58. The van der Waals surface area contributed by atoms with Crippen LogP contribution in [0.5, 0.6) is 0 Å². The summed E-state index contributed by atoms with van der Waals surface area (Å²) < 4.78 is 2.00. The van der Waals surface area contributed by atoms with Gasteiger partial charge in [-0.15, -0.1) is 0 Å². The fraction of sp³-hybridized carbons (Fsp3) is 0.750. The third-order valence-corrected chi connectivity index (χ3v) is 2.99. The molecule has 0 bridgehead atoms. The molecule has 1 N–H and O–H groups in total. The lowest BCUT2D eigenvalue weighted by Gasteiger charge is -2.17. The van der Waals surface area contributed by atoms with Crippen LogP contribution in [-0.4, -0.2) is 41.9 Å². The Hall–Kier alpha value is -0.580. The van der Waals surface area contributed by atoms with Gasteiger partial charge >= 0.3 is 0 Å². The van der Waals surface area contributed by atoms with Crippen LogP contribution < -0.4 is 5.32 Å². The van der Waals surface area contributed by atoms with Gasteiger partial charge in [0.1, 0.15) is 0 Å². The number of likely N-dealkylation sites (N-methyl/N-ethyl adjacent to an activating group) is 1. The van der Waals surface area contributed by atoms with Gasteiger partial charge in [-0.2, -0.15) is 5.10 Å². The summed E-state index contributed by atoms with van der Waals surface area (Å²) in [4.78, 5) is 2.14. The zero-order valence-electron chi connectivity index (χ0n) is 11.2. The van der Waals surface area contributed by atoms with Crippen LogP contribution in [0.15, 0.2) is 6.20 Å². The first-order chi connectivity index (χ1) is 8.06. The minimum absolute atomic E-state index is 0.243. The van der Waals surface area contributed by atoms with E-state index in [2.05, 4.69) is 43.3 Å². The molecule has 0 fully saturated rings. The Bertz CT molecular complexity index is 335. The first-order valence-corrected chi connectivity index (χ1v) is 6.53. The van der Waals surface area contributed by atoms with Crippen LogP contribution in [0.2, 0.25) is 5.02 Å². The fourth-order valence-corrected chi connectivity index (χ4v) is 2.04. The van der Waals surface area contributed by atoms with Crippen LogP contribution in [-0.2, 0) is 6.54 Å². The number of nitrogens with zero attached hydrogens (tertiary/aromatic N) is 3. The molecule has 0 amide bonds. The van der Waals surface area contributed by atoms with E-state index in [9.17, 15) is 0 Å². The van der Waals surface area contributed by atoms with E-state index in [0.717, 1.165) is 36.8 Å². The highest BCUT2D eigenvalue weighted by molar-refractivity contribution is 6.31. The molecule has 1 atom stereocenters. The third-order valence-electron chi connectivity index (χ3n) is 2.70. The van der Waals surface area contributed by atoms with Crippen LogP contribution in [0, 0.1) is 0 Å². The van der Waals surface area contributed by atoms with Gasteiger partial charge in [-0.25, -0.2) is 0 Å². The Morgan fingerprint density at radius 1 is 1.53 bits per heavy atom. The predicted molar refractivity (Wildman–Crippen MR) is 72.5 cm³/mol. The standard InChI is InChI=1S/C12H23ClN4/c1-5-6-14-10(2)12-11(13)9-15-17(12)8-7-16(3)4/h9-10,14H,5-8H2,1-4H3. The SMILES string of the molecule is CCCNC(C)c1c(Cl)cnn1CCN(C)C. The van der Waals surface area contributed by atoms with Crippen molar-refractivity contribution >= 4 is 11.6 Å². The average Bonchev–Trinajstić information content (AvgIpc) is 2.64. The first-order valence-electron chi connectivity index (χ1n) is 6.15. The second-order valence-corrected chi connectivity index (χ2v) is 4.99. The third kappa shape index (κ3) is 4.30. The van der Waals surface area contributed by atoms with Gasteiger partial charge in [-0.3, -0.25) is 4.68 Å². The van der Waals surface area contributed by atoms with E-state index in [1.54, 1.807) is 6.20 Å². The van der Waals surface area contributed by atoms with Gasteiger partial charge in [0.15, 0.2) is 0 Å². The molecular formula is C12H23ClN4. The largest absolute Gasteiger partial charge is 0.309 e. The summed E-state index contributed by atoms with van der Waals surface area (Å²) in [7, 11) is 4.12. The summed E-state index contributed by atoms with van der Waals surface area (Å²) in [5.41, 5.74) is 1.09. The van der Waals surface area contributed by atoms with Gasteiger partial charge in [0.2, 0.25) is 0 Å². The van der Waals surface area contributed by atoms with Crippen molar-refractivity contribution in [3.8, 4) is 0 Å². The molecule has 4 nitrogen and oxygen atoms in total. The van der Waals surface area contributed by atoms with E-state index in [1.807, 2.05) is 4.68 Å². The molecule has 98 valence electrons. The number of nitrogens with one attached hydrogen (secondary N) is 1. The van der Waals surface area contributed by atoms with Crippen molar-refractivity contribution in [3.63, 3.8) is 0 Å². The van der Waals surface area contributed by atoms with Crippen LogP contribution >= 0.6 is 11.6 Å². The maximum atomic E-state index is 6.20. The van der Waals surface area contributed by atoms with E-state index in [4.69, 9.17) is 11.6 Å². The average molecular weight is 259 g/mol. The zero-order valence-corrected chi connectivity index (χ0v) is 12.0. The van der Waals surface area contributed by atoms with E-state index >= 15 is 0 Å². The van der Waals surface area contributed by atoms with Gasteiger partial charge in [0.25, 0.3) is 0 Å². The van der Waals surface area contributed by atoms with E-state index in [-0.39, 0.29) is 6.04 Å². The monoisotopic (exact) mass is 258 g/mol. The second kappa shape index (κ2) is 6.99. The smallest absolute Gasteiger partial charge is 0.0834 e. The number of halogens is 1. The lowest BCUT2D eigenvalue weighted by molar-refractivity contribution is 0.364. The van der Waals surface area contributed by atoms with Crippen molar-refractivity contribution < 1.29 is 0 Å². The van der Waals surface area contributed by atoms with Gasteiger partial charge in [-0.1, -0.05) is 18.5 Å². The predicted octanol–water partition coefficient (Wildman–Crippen LogP) is 2.16. The van der Waals surface area contributed by atoms with Crippen LogP contribution in [0.4, 0.5) is 0 Å². The molecule has 0 saturated heterocycles. The Morgan fingerprint density at radius 2 is 2.24 bits per heavy atom. The normalized spacial score (nSPS) is 13.3. The summed E-state index contributed by atoms with van der Waals surface area (Å²) in [5.74, 6) is 0. The molecule has 17 heavy (non-hydrogen) atoms. The Morgan fingerprint density at radius 3 is 2.82 bits per heavy atom. The highest BCUT2D eigenvalue weighted by atomic mass is 35.5. The molecule has 1 unspecified atom stereocenters. The van der Waals surface area contributed by atoms with Gasteiger partial charge in [0, 0.05) is 12.6 Å². The molecule has 1 rings (SSSR count). The molecule has 0 spiro atoms. The van der Waals surface area contributed by atoms with Gasteiger partial charge in [-0.05, 0) is 34.0 Å². The highest BCUT2D eigenvalue weighted by Gasteiger charge is 2.15. The van der Waals surface area contributed by atoms with E-state index in [0.29, 0.717) is 0 Å². The van der Waals surface area contributed by atoms with E-state index < -0.39 is 0 Å². The Kier molecular flexibility index (Phi) is 5.95. The van der Waals surface area contributed by atoms with Crippen molar-refractivity contribution in [1.29, 1.82) is 0 Å². The molecule has 1 aromatic heterocycles. The number of aromatic nitrogens is 2. The lowest BCUT2D eigenvalue weighted by Crippen LogP contribution is -2.25. The maximum Gasteiger partial charge on any atom is 0.0834 e. The lowest BCUT2D eigenvalue weighted by atomic mass is 10.2. The molecule has 0 aromatic carbocycles. The van der Waals surface area contributed by atoms with Crippen molar-refractivity contribution in [2.75, 3.05) is 27.2 Å². The van der Waals surface area contributed by atoms with Crippen LogP contribution in [0.3, 0.4) is 0 Å². The number of hydrogen-bond acceptors (Lipinski definition) is 3. The summed E-state index contributed by atoms with van der Waals surface area (Å²) >= 11 is 6.20. The topological polar surface area (TPSA) is 33.1 Å². The zero-order chi connectivity index (χ0) is 12.8. The maximum absolute atomic E-state index is 6.20. The van der Waals surface area contributed by atoms with E-state index in [1.165, 1.54) is 0 Å². The minimum Gasteiger partial charge on any atom is -0.309 e. The molecule has 0 aliphatic carbocycles. The fourth-order valence-electron chi connectivity index (χ4n) is 1.73.